The van der Waals surface area contributed by atoms with Gasteiger partial charge in [-0.2, -0.15) is 0 Å². The number of hydrogen-bond donors (Lipinski definition) is 2. The summed E-state index contributed by atoms with van der Waals surface area (Å²) >= 11 is 0. The monoisotopic (exact) mass is 367 g/mol. The normalized spacial score (nSPS) is 22.4. The lowest BCUT2D eigenvalue weighted by Crippen LogP contribution is -2.15. The first-order valence-corrected chi connectivity index (χ1v) is 9.06. The molecule has 0 spiro atoms. The molecule has 2 aliphatic rings. The highest BCUT2D eigenvalue weighted by molar-refractivity contribution is 5.98. The maximum absolute atomic E-state index is 15.0. The zero-order chi connectivity index (χ0) is 18.7. The van der Waals surface area contributed by atoms with Gasteiger partial charge in [0, 0.05) is 29.4 Å². The van der Waals surface area contributed by atoms with Crippen molar-refractivity contribution < 1.29 is 8.78 Å². The molecule has 2 saturated carbocycles. The molecule has 0 saturated heterocycles. The standard InChI is InChI=1S/C20H19F2N5/c21-15-8-12(15)20(24)26-17-7-10-6-13(18(22)19(23)14(10)9-25-17)16-2-1-5-27(16)11-3-4-11/h1-2,5-7,9,11-12,15H,3-4,8,23H2,(H2,24,25,26). The van der Waals surface area contributed by atoms with Crippen LogP contribution in [0.1, 0.15) is 25.3 Å². The van der Waals surface area contributed by atoms with Crippen LogP contribution in [0.5, 0.6) is 0 Å². The number of hydrogen-bond acceptors (Lipinski definition) is 3. The van der Waals surface area contributed by atoms with Crippen molar-refractivity contribution >= 4 is 28.1 Å². The number of alkyl halides is 1. The molecule has 5 rings (SSSR count). The van der Waals surface area contributed by atoms with Gasteiger partial charge < -0.3 is 16.0 Å². The van der Waals surface area contributed by atoms with Crippen LogP contribution in [-0.4, -0.2) is 21.6 Å². The Hall–Kier alpha value is -2.96. The third kappa shape index (κ3) is 2.74. The molecule has 2 aliphatic carbocycles. The molecule has 0 bridgehead atoms. The van der Waals surface area contributed by atoms with E-state index >= 15 is 0 Å². The lowest BCUT2D eigenvalue weighted by atomic mass is 10.0. The van der Waals surface area contributed by atoms with Gasteiger partial charge >= 0.3 is 0 Å². The van der Waals surface area contributed by atoms with E-state index in [1.54, 1.807) is 12.1 Å². The Balaban J connectivity index is 1.62. The minimum absolute atomic E-state index is 0.0630. The minimum Gasteiger partial charge on any atom is -0.396 e. The Kier molecular flexibility index (Phi) is 3.47. The molecule has 0 amide bonds. The molecule has 5 nitrogen and oxygen atoms in total. The Bertz CT molecular complexity index is 1080. The molecular weight excluding hydrogens is 348 g/mol. The van der Waals surface area contributed by atoms with E-state index in [4.69, 9.17) is 11.5 Å². The average Bonchev–Trinajstić information content (AvgIpc) is 3.57. The summed E-state index contributed by atoms with van der Waals surface area (Å²) in [7, 11) is 0. The molecule has 138 valence electrons. The van der Waals surface area contributed by atoms with Gasteiger partial charge in [0.05, 0.1) is 17.3 Å². The first-order chi connectivity index (χ1) is 13.0. The van der Waals surface area contributed by atoms with E-state index in [-0.39, 0.29) is 17.4 Å². The maximum Gasteiger partial charge on any atom is 0.156 e. The highest BCUT2D eigenvalue weighted by Gasteiger charge is 2.40. The number of nitrogens with zero attached hydrogens (tertiary/aromatic N) is 3. The van der Waals surface area contributed by atoms with Crippen LogP contribution in [0.25, 0.3) is 22.0 Å². The molecule has 7 heteroatoms. The van der Waals surface area contributed by atoms with Gasteiger partial charge in [-0.3, -0.25) is 0 Å². The molecule has 2 fully saturated rings. The second kappa shape index (κ2) is 5.77. The number of nitrogens with two attached hydrogens (primary N) is 2. The second-order valence-electron chi connectivity index (χ2n) is 7.34. The van der Waals surface area contributed by atoms with Crippen LogP contribution in [0.4, 0.5) is 20.3 Å². The lowest BCUT2D eigenvalue weighted by molar-refractivity contribution is 0.467. The minimum atomic E-state index is -0.916. The quantitative estimate of drug-likeness (QED) is 0.414. The Morgan fingerprint density at radius 3 is 2.78 bits per heavy atom. The van der Waals surface area contributed by atoms with Crippen LogP contribution < -0.4 is 11.5 Å². The number of nitrogen functional groups attached to an aromatic ring is 1. The number of rotatable bonds is 4. The molecule has 27 heavy (non-hydrogen) atoms. The van der Waals surface area contributed by atoms with Gasteiger partial charge in [-0.25, -0.2) is 18.8 Å². The van der Waals surface area contributed by atoms with Crippen LogP contribution in [0, 0.1) is 11.7 Å². The second-order valence-corrected chi connectivity index (χ2v) is 7.34. The molecule has 0 radical (unpaired) electrons. The summed E-state index contributed by atoms with van der Waals surface area (Å²) in [6.45, 7) is 0. The molecule has 2 atom stereocenters. The van der Waals surface area contributed by atoms with E-state index in [0.29, 0.717) is 29.2 Å². The van der Waals surface area contributed by atoms with Crippen molar-refractivity contribution in [3.8, 4) is 11.3 Å². The summed E-state index contributed by atoms with van der Waals surface area (Å²) in [5.74, 6) is -0.155. The van der Waals surface area contributed by atoms with Gasteiger partial charge in [-0.15, -0.1) is 0 Å². The number of anilines is 1. The zero-order valence-electron chi connectivity index (χ0n) is 14.6. The number of amidine groups is 1. The predicted molar refractivity (Wildman–Crippen MR) is 102 cm³/mol. The fourth-order valence-corrected chi connectivity index (χ4v) is 3.51. The van der Waals surface area contributed by atoms with Gasteiger partial charge in [0.15, 0.2) is 11.6 Å². The van der Waals surface area contributed by atoms with Crippen molar-refractivity contribution in [1.29, 1.82) is 0 Å². The fraction of sp³-hybridized carbons (Fsp3) is 0.300. The Morgan fingerprint density at radius 1 is 1.30 bits per heavy atom. The van der Waals surface area contributed by atoms with Gasteiger partial charge in [0.25, 0.3) is 0 Å². The van der Waals surface area contributed by atoms with Crippen molar-refractivity contribution in [3.05, 3.63) is 42.5 Å². The van der Waals surface area contributed by atoms with Crippen LogP contribution in [-0.2, 0) is 0 Å². The summed E-state index contributed by atoms with van der Waals surface area (Å²) in [5.41, 5.74) is 13.2. The van der Waals surface area contributed by atoms with Crippen molar-refractivity contribution in [2.24, 2.45) is 16.6 Å². The van der Waals surface area contributed by atoms with Gasteiger partial charge in [-0.05, 0) is 48.9 Å². The number of pyridine rings is 1. The largest absolute Gasteiger partial charge is 0.396 e. The van der Waals surface area contributed by atoms with Crippen LogP contribution in [0.2, 0.25) is 0 Å². The highest BCUT2D eigenvalue weighted by atomic mass is 19.1. The fourth-order valence-electron chi connectivity index (χ4n) is 3.51. The summed E-state index contributed by atoms with van der Waals surface area (Å²) < 4.78 is 30.2. The van der Waals surface area contributed by atoms with Crippen LogP contribution in [0.3, 0.4) is 0 Å². The zero-order valence-corrected chi connectivity index (χ0v) is 14.6. The lowest BCUT2D eigenvalue weighted by Gasteiger charge is -2.13. The van der Waals surface area contributed by atoms with Gasteiger partial charge in [-0.1, -0.05) is 0 Å². The predicted octanol–water partition coefficient (Wildman–Crippen LogP) is 4.11. The Morgan fingerprint density at radius 2 is 2.07 bits per heavy atom. The molecule has 1 aromatic carbocycles. The smallest absolute Gasteiger partial charge is 0.156 e. The summed E-state index contributed by atoms with van der Waals surface area (Å²) in [4.78, 5) is 8.42. The van der Waals surface area contributed by atoms with Crippen molar-refractivity contribution in [3.63, 3.8) is 0 Å². The van der Waals surface area contributed by atoms with Crippen LogP contribution >= 0.6 is 0 Å². The van der Waals surface area contributed by atoms with Gasteiger partial charge in [0.2, 0.25) is 0 Å². The Labute approximate surface area is 154 Å². The maximum atomic E-state index is 15.0. The first-order valence-electron chi connectivity index (χ1n) is 9.06. The summed E-state index contributed by atoms with van der Waals surface area (Å²) in [6, 6.07) is 7.72. The molecular formula is C20H19F2N5. The molecule has 2 unspecified atom stereocenters. The van der Waals surface area contributed by atoms with E-state index in [1.807, 2.05) is 18.3 Å². The third-order valence-electron chi connectivity index (χ3n) is 5.32. The van der Waals surface area contributed by atoms with E-state index in [2.05, 4.69) is 14.5 Å². The summed E-state index contributed by atoms with van der Waals surface area (Å²) in [5, 5.41) is 1.25. The number of fused-ring (bicyclic) bond motifs is 1. The first kappa shape index (κ1) is 16.2. The molecule has 2 heterocycles. The average molecular weight is 367 g/mol. The van der Waals surface area contributed by atoms with E-state index in [1.165, 1.54) is 6.20 Å². The topological polar surface area (TPSA) is 82.2 Å². The molecule has 3 aromatic rings. The molecule has 4 N–H and O–H groups in total. The van der Waals surface area contributed by atoms with Crippen molar-refractivity contribution in [1.82, 2.24) is 9.55 Å². The number of aromatic nitrogens is 2. The number of benzene rings is 1. The molecule has 2 aromatic heterocycles. The van der Waals surface area contributed by atoms with E-state index in [9.17, 15) is 8.78 Å². The molecule has 0 aliphatic heterocycles. The van der Waals surface area contributed by atoms with Crippen molar-refractivity contribution in [2.45, 2.75) is 31.5 Å². The van der Waals surface area contributed by atoms with Crippen LogP contribution in [0.15, 0.2) is 41.7 Å². The van der Waals surface area contributed by atoms with Crippen molar-refractivity contribution in [2.75, 3.05) is 5.73 Å². The van der Waals surface area contributed by atoms with E-state index in [0.717, 1.165) is 23.9 Å². The van der Waals surface area contributed by atoms with E-state index < -0.39 is 12.0 Å². The number of aliphatic imine (C=N–C) groups is 1. The highest BCUT2D eigenvalue weighted by Crippen LogP contribution is 2.41. The summed E-state index contributed by atoms with van der Waals surface area (Å²) in [6.07, 6.45) is 5.16. The van der Waals surface area contributed by atoms with Gasteiger partial charge in [0.1, 0.15) is 12.0 Å². The number of halogens is 2. The third-order valence-corrected chi connectivity index (χ3v) is 5.32. The SMILES string of the molecule is N/C(=N\c1cc2cc(-c3cccn3C3CC3)c(F)c(N)c2cn1)C1CC1F.